The molecular weight excluding hydrogens is 300 g/mol. The van der Waals surface area contributed by atoms with Crippen molar-refractivity contribution in [1.29, 1.82) is 0 Å². The summed E-state index contributed by atoms with van der Waals surface area (Å²) >= 11 is 0. The van der Waals surface area contributed by atoms with E-state index < -0.39 is 67.6 Å². The highest BCUT2D eigenvalue weighted by Gasteiger charge is 2.37. The minimum absolute atomic E-state index is 0.277. The summed E-state index contributed by atoms with van der Waals surface area (Å²) in [4.78, 5) is 56.6. The van der Waals surface area contributed by atoms with Gasteiger partial charge < -0.3 is 27.4 Å². The maximum absolute atomic E-state index is 12.1. The first-order valence-electron chi connectivity index (χ1n) is 6.16. The molecule has 0 saturated carbocycles. The number of aliphatic carboxylic acids is 2. The molecule has 0 aromatic carbocycles. The lowest BCUT2D eigenvalue weighted by molar-refractivity contribution is -0.159. The quantitative estimate of drug-likeness (QED) is 0.290. The van der Waals surface area contributed by atoms with Crippen LogP contribution in [0.15, 0.2) is 0 Å². The van der Waals surface area contributed by atoms with Crippen LogP contribution in [0.4, 0.5) is 0 Å². The molecule has 0 aliphatic heterocycles. The number of nitrogens with two attached hydrogens (primary N) is 3. The third-order valence-electron chi connectivity index (χ3n) is 2.65. The first-order valence-corrected chi connectivity index (χ1v) is 6.16. The highest BCUT2D eigenvalue weighted by atomic mass is 16.4. The number of rotatable bonds is 9. The van der Waals surface area contributed by atoms with Crippen LogP contribution in [-0.4, -0.2) is 63.4 Å². The number of primary amides is 1. The van der Waals surface area contributed by atoms with Crippen LogP contribution < -0.4 is 17.2 Å². The molecule has 22 heavy (non-hydrogen) atoms. The van der Waals surface area contributed by atoms with Gasteiger partial charge in [0.2, 0.25) is 17.7 Å². The third kappa shape index (κ3) is 5.85. The van der Waals surface area contributed by atoms with Gasteiger partial charge in [-0.25, -0.2) is 4.79 Å². The SMILES string of the molecule is NCC(=O)N(C(=O)C(N)CC(=O)O)C(CCC(N)=O)C(=O)O. The Bertz CT molecular complexity index is 479. The zero-order valence-corrected chi connectivity index (χ0v) is 11.6. The zero-order valence-electron chi connectivity index (χ0n) is 11.6. The van der Waals surface area contributed by atoms with Crippen molar-refractivity contribution in [2.45, 2.75) is 31.3 Å². The van der Waals surface area contributed by atoms with Crippen molar-refractivity contribution in [3.63, 3.8) is 0 Å². The summed E-state index contributed by atoms with van der Waals surface area (Å²) in [7, 11) is 0. The highest BCUT2D eigenvalue weighted by Crippen LogP contribution is 2.11. The topological polar surface area (TPSA) is 207 Å². The normalized spacial score (nSPS) is 13.0. The molecule has 0 aromatic rings. The molecule has 2 atom stereocenters. The minimum atomic E-state index is -1.71. The van der Waals surface area contributed by atoms with E-state index in [0.29, 0.717) is 0 Å². The predicted octanol–water partition coefficient (Wildman–Crippen LogP) is -3.18. The van der Waals surface area contributed by atoms with E-state index in [2.05, 4.69) is 0 Å². The van der Waals surface area contributed by atoms with E-state index in [4.69, 9.17) is 27.4 Å². The number of amides is 3. The number of hydrogen-bond acceptors (Lipinski definition) is 7. The van der Waals surface area contributed by atoms with E-state index in [9.17, 15) is 24.0 Å². The minimum Gasteiger partial charge on any atom is -0.481 e. The number of carboxylic acid groups (broad SMARTS) is 2. The van der Waals surface area contributed by atoms with Gasteiger partial charge in [-0.1, -0.05) is 0 Å². The molecule has 8 N–H and O–H groups in total. The molecule has 11 heteroatoms. The van der Waals surface area contributed by atoms with Crippen LogP contribution >= 0.6 is 0 Å². The van der Waals surface area contributed by atoms with Crippen LogP contribution in [0.1, 0.15) is 19.3 Å². The molecule has 2 unspecified atom stereocenters. The Kier molecular flexibility index (Phi) is 7.69. The van der Waals surface area contributed by atoms with E-state index in [1.54, 1.807) is 0 Å². The Labute approximate surface area is 125 Å². The molecule has 124 valence electrons. The van der Waals surface area contributed by atoms with E-state index >= 15 is 0 Å². The molecule has 0 spiro atoms. The third-order valence-corrected chi connectivity index (χ3v) is 2.65. The molecule has 0 saturated heterocycles. The number of carbonyl (C=O) groups excluding carboxylic acids is 3. The molecule has 0 aliphatic rings. The lowest BCUT2D eigenvalue weighted by Gasteiger charge is -2.28. The summed E-state index contributed by atoms with van der Waals surface area (Å²) < 4.78 is 0. The lowest BCUT2D eigenvalue weighted by atomic mass is 10.1. The molecule has 0 aliphatic carbocycles. The van der Waals surface area contributed by atoms with Crippen LogP contribution in [0.25, 0.3) is 0 Å². The second kappa shape index (κ2) is 8.69. The number of imide groups is 1. The molecule has 0 radical (unpaired) electrons. The second-order valence-electron chi connectivity index (χ2n) is 4.37. The molecule has 11 nitrogen and oxygen atoms in total. The molecule has 0 heterocycles. The van der Waals surface area contributed by atoms with E-state index in [1.807, 2.05) is 0 Å². The fraction of sp³-hybridized carbons (Fsp3) is 0.545. The number of carbonyl (C=O) groups is 5. The van der Waals surface area contributed by atoms with Gasteiger partial charge in [-0.2, -0.15) is 0 Å². The van der Waals surface area contributed by atoms with Crippen LogP contribution in [0.3, 0.4) is 0 Å². The van der Waals surface area contributed by atoms with Crippen LogP contribution in [0.5, 0.6) is 0 Å². The monoisotopic (exact) mass is 318 g/mol. The zero-order chi connectivity index (χ0) is 17.4. The van der Waals surface area contributed by atoms with Gasteiger partial charge in [-0.3, -0.25) is 24.1 Å². The van der Waals surface area contributed by atoms with Gasteiger partial charge >= 0.3 is 11.9 Å². The second-order valence-corrected chi connectivity index (χ2v) is 4.37. The van der Waals surface area contributed by atoms with E-state index in [0.717, 1.165) is 0 Å². The standard InChI is InChI=1S/C11H18N4O7/c12-4-8(17)15(10(20)5(13)3-9(18)19)6(11(21)22)1-2-7(14)16/h5-6H,1-4,12-13H2,(H2,14,16)(H,18,19)(H,21,22). The molecule has 0 aromatic heterocycles. The van der Waals surface area contributed by atoms with Crippen molar-refractivity contribution in [2.75, 3.05) is 6.54 Å². The van der Waals surface area contributed by atoms with Crippen molar-refractivity contribution >= 4 is 29.7 Å². The summed E-state index contributed by atoms with van der Waals surface area (Å²) in [5, 5.41) is 17.7. The summed E-state index contributed by atoms with van der Waals surface area (Å²) in [5.41, 5.74) is 15.4. The average Bonchev–Trinajstić information content (AvgIpc) is 2.40. The molecule has 0 fully saturated rings. The van der Waals surface area contributed by atoms with Gasteiger partial charge in [0.05, 0.1) is 19.0 Å². The van der Waals surface area contributed by atoms with Crippen LogP contribution in [0.2, 0.25) is 0 Å². The first-order chi connectivity index (χ1) is 10.1. The maximum Gasteiger partial charge on any atom is 0.326 e. The van der Waals surface area contributed by atoms with Crippen LogP contribution in [0, 0.1) is 0 Å². The fourth-order valence-electron chi connectivity index (χ4n) is 1.64. The van der Waals surface area contributed by atoms with Gasteiger partial charge in [0, 0.05) is 6.42 Å². The molecular formula is C11H18N4O7. The van der Waals surface area contributed by atoms with Crippen LogP contribution in [-0.2, 0) is 24.0 Å². The van der Waals surface area contributed by atoms with Crippen molar-refractivity contribution in [3.8, 4) is 0 Å². The first kappa shape index (κ1) is 19.5. The Morgan fingerprint density at radius 2 is 1.64 bits per heavy atom. The summed E-state index contributed by atoms with van der Waals surface area (Å²) in [5.74, 6) is -6.05. The largest absolute Gasteiger partial charge is 0.481 e. The summed E-state index contributed by atoms with van der Waals surface area (Å²) in [6, 6.07) is -3.33. The Hall–Kier alpha value is -2.53. The average molecular weight is 318 g/mol. The van der Waals surface area contributed by atoms with Gasteiger partial charge in [0.15, 0.2) is 0 Å². The van der Waals surface area contributed by atoms with E-state index in [-0.39, 0.29) is 4.90 Å². The predicted molar refractivity (Wildman–Crippen MR) is 71.0 cm³/mol. The lowest BCUT2D eigenvalue weighted by Crippen LogP contribution is -2.56. The smallest absolute Gasteiger partial charge is 0.326 e. The fourth-order valence-corrected chi connectivity index (χ4v) is 1.64. The van der Waals surface area contributed by atoms with Crippen molar-refractivity contribution in [1.82, 2.24) is 4.90 Å². The highest BCUT2D eigenvalue weighted by molar-refractivity contribution is 6.02. The van der Waals surface area contributed by atoms with Gasteiger partial charge in [0.1, 0.15) is 6.04 Å². The summed E-state index contributed by atoms with van der Waals surface area (Å²) in [6.45, 7) is -0.689. The van der Waals surface area contributed by atoms with Gasteiger partial charge in [-0.15, -0.1) is 0 Å². The summed E-state index contributed by atoms with van der Waals surface area (Å²) in [6.07, 6.45) is -1.62. The van der Waals surface area contributed by atoms with Crippen molar-refractivity contribution in [3.05, 3.63) is 0 Å². The molecule has 0 bridgehead atoms. The molecule has 0 rings (SSSR count). The maximum atomic E-state index is 12.1. The van der Waals surface area contributed by atoms with Crippen molar-refractivity contribution in [2.24, 2.45) is 17.2 Å². The molecule has 3 amide bonds. The number of carboxylic acids is 2. The Morgan fingerprint density at radius 1 is 1.09 bits per heavy atom. The Morgan fingerprint density at radius 3 is 2.00 bits per heavy atom. The van der Waals surface area contributed by atoms with Gasteiger partial charge in [-0.05, 0) is 6.42 Å². The van der Waals surface area contributed by atoms with E-state index in [1.165, 1.54) is 0 Å². The van der Waals surface area contributed by atoms with Gasteiger partial charge in [0.25, 0.3) is 0 Å². The number of nitrogens with zero attached hydrogens (tertiary/aromatic N) is 1. The van der Waals surface area contributed by atoms with Crippen molar-refractivity contribution < 1.29 is 34.2 Å². The number of hydrogen-bond donors (Lipinski definition) is 5. The Balaban J connectivity index is 5.41.